The van der Waals surface area contributed by atoms with E-state index in [9.17, 15) is 28.8 Å². The van der Waals surface area contributed by atoms with Gasteiger partial charge in [-0.1, -0.05) is 84.9 Å². The van der Waals surface area contributed by atoms with Crippen LogP contribution < -0.4 is 31.1 Å². The number of hydrogen-bond donors (Lipinski definition) is 4. The number of aromatic amines is 1. The molecule has 0 radical (unpaired) electrons. The van der Waals surface area contributed by atoms with Crippen molar-refractivity contribution in [2.75, 3.05) is 39.5 Å². The number of amides is 3. The summed E-state index contributed by atoms with van der Waals surface area (Å²) in [5.74, 6) is -2.31. The van der Waals surface area contributed by atoms with E-state index in [1.54, 1.807) is 90.1 Å². The minimum absolute atomic E-state index is 0.0390. The number of Topliss-reactive ketones (excluding diaryl/α,β-unsaturated/α-hetero) is 1. The molecule has 6 aromatic rings. The number of nitrogens with one attached hydrogen (secondary N) is 4. The molecule has 2 heterocycles. The van der Waals surface area contributed by atoms with Crippen molar-refractivity contribution in [2.24, 2.45) is 5.92 Å². The van der Waals surface area contributed by atoms with Gasteiger partial charge in [-0.05, 0) is 94.0 Å². The number of nitrogens with zero attached hydrogens (tertiary/aromatic N) is 2. The quantitative estimate of drug-likeness (QED) is 0.0246. The number of ether oxygens (including phenoxy) is 6. The molecular formula is C54H60N6O12. The first-order chi connectivity index (χ1) is 34.4. The Balaban J connectivity index is 1.06. The Morgan fingerprint density at radius 2 is 1.24 bits per heavy atom. The summed E-state index contributed by atoms with van der Waals surface area (Å²) < 4.78 is 35.3. The highest BCUT2D eigenvalue weighted by Gasteiger charge is 2.31. The summed E-state index contributed by atoms with van der Waals surface area (Å²) in [6.45, 7) is 10.2. The molecule has 18 heteroatoms. The molecule has 378 valence electrons. The van der Waals surface area contributed by atoms with Crippen LogP contribution in [-0.2, 0) is 41.7 Å². The van der Waals surface area contributed by atoms with Crippen LogP contribution in [0.2, 0.25) is 0 Å². The van der Waals surface area contributed by atoms with E-state index in [2.05, 4.69) is 25.9 Å². The molecule has 4 N–H and O–H groups in total. The standard InChI is InChI=1S/C54H60N6O12/c1-53(2,3)71-51(65)56-25-27-67-44-21-14-22-45(68-28-26-57-52(66)72-54(4,5)6)46(44)42-29-35-30-60(49(63)59-47(35)58-42)31-43(61)40(48(62)69-32-34-15-8-7-9-16-34)23-24-55-50(64)70-33-41-38-19-12-10-17-36(38)37-18-11-13-20-39(37)41/h7-22,29-30,40-41H,23-28,31-33H2,1-6H3,(H,55,64)(H,56,65)(H,57,66)(H,58,59,63). The van der Waals surface area contributed by atoms with Crippen LogP contribution in [-0.4, -0.2) is 95.2 Å². The number of carbonyl (C=O) groups is 5. The van der Waals surface area contributed by atoms with Crippen LogP contribution in [0.1, 0.15) is 70.6 Å². The van der Waals surface area contributed by atoms with E-state index in [4.69, 9.17) is 28.4 Å². The lowest BCUT2D eigenvalue weighted by molar-refractivity contribution is -0.153. The van der Waals surface area contributed by atoms with Crippen LogP contribution in [0.25, 0.3) is 33.4 Å². The zero-order chi connectivity index (χ0) is 51.4. The Hall–Kier alpha value is -8.15. The highest BCUT2D eigenvalue weighted by molar-refractivity contribution is 5.99. The lowest BCUT2D eigenvalue weighted by atomic mass is 9.98. The Bertz CT molecular complexity index is 2850. The maximum Gasteiger partial charge on any atom is 0.407 e. The number of carbonyl (C=O) groups excluding carboxylic acids is 5. The van der Waals surface area contributed by atoms with Gasteiger partial charge in [0.05, 0.1) is 30.9 Å². The number of ketones is 1. The first-order valence-electron chi connectivity index (χ1n) is 23.7. The predicted octanol–water partition coefficient (Wildman–Crippen LogP) is 8.06. The fraction of sp³-hybridized carbons (Fsp3) is 0.352. The molecule has 7 rings (SSSR count). The van der Waals surface area contributed by atoms with Gasteiger partial charge in [-0.3, -0.25) is 14.2 Å². The Labute approximate surface area is 416 Å². The molecule has 0 saturated heterocycles. The van der Waals surface area contributed by atoms with Crippen molar-refractivity contribution < 1.29 is 52.4 Å². The zero-order valence-corrected chi connectivity index (χ0v) is 41.2. The minimum atomic E-state index is -1.37. The van der Waals surface area contributed by atoms with Crippen LogP contribution in [0, 0.1) is 5.92 Å². The Kier molecular flexibility index (Phi) is 16.6. The SMILES string of the molecule is CC(C)(C)OC(=O)NCCOc1cccc(OCCNC(=O)OC(C)(C)C)c1-c1cc2cn(CC(=O)C(CCNC(=O)OCC3c4ccccc4-c4ccccc43)C(=O)OCc3ccccc3)c(=O)nc2[nH]1. The first-order valence-corrected chi connectivity index (χ1v) is 23.7. The van der Waals surface area contributed by atoms with E-state index in [-0.39, 0.29) is 64.0 Å². The van der Waals surface area contributed by atoms with Crippen LogP contribution in [0.5, 0.6) is 11.5 Å². The third-order valence-corrected chi connectivity index (χ3v) is 11.2. The van der Waals surface area contributed by atoms with Gasteiger partial charge in [0.25, 0.3) is 0 Å². The molecule has 1 atom stereocenters. The van der Waals surface area contributed by atoms with E-state index >= 15 is 0 Å². The van der Waals surface area contributed by atoms with Gasteiger partial charge in [-0.2, -0.15) is 4.98 Å². The van der Waals surface area contributed by atoms with Crippen molar-refractivity contribution in [2.45, 2.75) is 78.2 Å². The van der Waals surface area contributed by atoms with E-state index < -0.39 is 59.4 Å². The second kappa shape index (κ2) is 23.2. The smallest absolute Gasteiger partial charge is 0.407 e. The van der Waals surface area contributed by atoms with Gasteiger partial charge in [0.1, 0.15) is 60.7 Å². The third kappa shape index (κ3) is 14.0. The fourth-order valence-corrected chi connectivity index (χ4v) is 8.04. The summed E-state index contributed by atoms with van der Waals surface area (Å²) in [5, 5.41) is 8.43. The number of H-pyrrole nitrogens is 1. The van der Waals surface area contributed by atoms with Crippen molar-refractivity contribution >= 4 is 41.1 Å². The second-order valence-electron chi connectivity index (χ2n) is 19.0. The molecule has 0 bridgehead atoms. The van der Waals surface area contributed by atoms with Crippen LogP contribution in [0.4, 0.5) is 14.4 Å². The van der Waals surface area contributed by atoms with Gasteiger partial charge < -0.3 is 49.4 Å². The van der Waals surface area contributed by atoms with Crippen molar-refractivity contribution in [3.63, 3.8) is 0 Å². The van der Waals surface area contributed by atoms with Crippen LogP contribution in [0.3, 0.4) is 0 Å². The van der Waals surface area contributed by atoms with Crippen molar-refractivity contribution in [1.82, 2.24) is 30.5 Å². The summed E-state index contributed by atoms with van der Waals surface area (Å²) in [5.41, 5.74) is 3.87. The number of aromatic nitrogens is 3. The summed E-state index contributed by atoms with van der Waals surface area (Å²) in [7, 11) is 0. The molecule has 18 nitrogen and oxygen atoms in total. The molecule has 4 aromatic carbocycles. The molecule has 2 aromatic heterocycles. The number of hydrogen-bond acceptors (Lipinski definition) is 13. The number of benzene rings is 4. The molecule has 0 aliphatic heterocycles. The topological polar surface area (TPSA) is 227 Å². The van der Waals surface area contributed by atoms with Gasteiger partial charge in [-0.25, -0.2) is 19.2 Å². The Morgan fingerprint density at radius 3 is 1.82 bits per heavy atom. The van der Waals surface area contributed by atoms with Crippen LogP contribution >= 0.6 is 0 Å². The molecule has 72 heavy (non-hydrogen) atoms. The summed E-state index contributed by atoms with van der Waals surface area (Å²) in [6, 6.07) is 31.7. The van der Waals surface area contributed by atoms with E-state index in [0.29, 0.717) is 33.7 Å². The summed E-state index contributed by atoms with van der Waals surface area (Å²) in [4.78, 5) is 86.4. The number of esters is 1. The number of fused-ring (bicyclic) bond motifs is 4. The molecule has 1 aliphatic rings. The van der Waals surface area contributed by atoms with Crippen molar-refractivity contribution in [3.05, 3.63) is 136 Å². The minimum Gasteiger partial charge on any atom is -0.491 e. The highest BCUT2D eigenvalue weighted by atomic mass is 16.6. The first kappa shape index (κ1) is 51.7. The van der Waals surface area contributed by atoms with E-state index in [0.717, 1.165) is 26.8 Å². The highest BCUT2D eigenvalue weighted by Crippen LogP contribution is 2.44. The van der Waals surface area contributed by atoms with Gasteiger partial charge >= 0.3 is 29.9 Å². The third-order valence-electron chi connectivity index (χ3n) is 11.2. The summed E-state index contributed by atoms with van der Waals surface area (Å²) >= 11 is 0. The van der Waals surface area contributed by atoms with E-state index in [1.807, 2.05) is 54.6 Å². The average Bonchev–Trinajstić information content (AvgIpc) is 3.89. The Morgan fingerprint density at radius 1 is 0.681 bits per heavy atom. The average molecular weight is 985 g/mol. The largest absolute Gasteiger partial charge is 0.491 e. The van der Waals surface area contributed by atoms with Crippen molar-refractivity contribution in [1.29, 1.82) is 0 Å². The second-order valence-corrected chi connectivity index (χ2v) is 19.0. The molecule has 1 aliphatic carbocycles. The molecule has 0 saturated carbocycles. The maximum absolute atomic E-state index is 14.1. The maximum atomic E-state index is 14.1. The predicted molar refractivity (Wildman–Crippen MR) is 268 cm³/mol. The van der Waals surface area contributed by atoms with Gasteiger partial charge in [0.15, 0.2) is 5.78 Å². The number of alkyl carbamates (subject to hydrolysis) is 3. The lowest BCUT2D eigenvalue weighted by Crippen LogP contribution is -2.36. The van der Waals surface area contributed by atoms with Crippen LogP contribution in [0.15, 0.2) is 114 Å². The normalized spacial score (nSPS) is 12.5. The monoisotopic (exact) mass is 984 g/mol. The summed E-state index contributed by atoms with van der Waals surface area (Å²) in [6.07, 6.45) is -0.629. The molecule has 0 spiro atoms. The van der Waals surface area contributed by atoms with E-state index in [1.165, 1.54) is 6.20 Å². The van der Waals surface area contributed by atoms with Crippen molar-refractivity contribution in [3.8, 4) is 33.9 Å². The molecular weight excluding hydrogens is 925 g/mol. The van der Waals surface area contributed by atoms with Gasteiger partial charge in [0, 0.05) is 24.0 Å². The zero-order valence-electron chi connectivity index (χ0n) is 41.2. The van der Waals surface area contributed by atoms with Gasteiger partial charge in [0.2, 0.25) is 0 Å². The molecule has 1 unspecified atom stereocenters. The van der Waals surface area contributed by atoms with Gasteiger partial charge in [-0.15, -0.1) is 0 Å². The molecule has 0 fully saturated rings. The lowest BCUT2D eigenvalue weighted by Gasteiger charge is -2.20. The number of rotatable bonds is 20. The fourth-order valence-electron chi connectivity index (χ4n) is 8.04. The molecule has 3 amide bonds.